The number of rotatable bonds is 0. The van der Waals surface area contributed by atoms with Gasteiger partial charge < -0.3 is 0 Å². The fraction of sp³-hybridized carbons (Fsp3) is 0. The highest BCUT2D eigenvalue weighted by Gasteiger charge is 2.06. The van der Waals surface area contributed by atoms with Gasteiger partial charge in [0.25, 0.3) is 0 Å². The van der Waals surface area contributed by atoms with Crippen LogP contribution >= 0.6 is 39.9 Å². The lowest BCUT2D eigenvalue weighted by Crippen LogP contribution is -1.68. The van der Waals surface area contributed by atoms with Crippen LogP contribution in [0.3, 0.4) is 0 Å². The Hall–Kier alpha value is -0.500. The summed E-state index contributed by atoms with van der Waals surface area (Å²) in [5.74, 6) is 0. The quantitative estimate of drug-likeness (QED) is 0.723. The number of hydrogen-bond acceptors (Lipinski definition) is 3. The summed E-state index contributed by atoms with van der Waals surface area (Å²) in [6, 6.07) is 7.91. The molecule has 0 aliphatic rings. The van der Waals surface area contributed by atoms with Crippen molar-refractivity contribution in [3.8, 4) is 6.07 Å². The molecule has 1 aromatic carbocycles. The number of nitriles is 1. The van der Waals surface area contributed by atoms with Gasteiger partial charge in [-0.15, -0.1) is 24.0 Å². The van der Waals surface area contributed by atoms with E-state index in [0.29, 0.717) is 0 Å². The second-order valence-corrected chi connectivity index (χ2v) is 4.87. The van der Waals surface area contributed by atoms with Crippen LogP contribution in [0.15, 0.2) is 27.6 Å². The Morgan fingerprint density at radius 3 is 2.92 bits per heavy atom. The van der Waals surface area contributed by atoms with Crippen molar-refractivity contribution >= 4 is 50.0 Å². The number of benzene rings is 1. The summed E-state index contributed by atoms with van der Waals surface area (Å²) in [7, 11) is 0. The van der Waals surface area contributed by atoms with Gasteiger partial charge in [-0.1, -0.05) is 6.07 Å². The summed E-state index contributed by atoms with van der Waals surface area (Å²) in [6.07, 6.45) is 0. The van der Waals surface area contributed by atoms with Crippen molar-refractivity contribution < 1.29 is 0 Å². The summed E-state index contributed by atoms with van der Waals surface area (Å²) in [5.41, 5.74) is 0. The van der Waals surface area contributed by atoms with Crippen molar-refractivity contribution in [2.24, 2.45) is 0 Å². The second kappa shape index (κ2) is 3.33. The topological polar surface area (TPSA) is 23.8 Å². The van der Waals surface area contributed by atoms with Gasteiger partial charge in [-0.05, 0) is 33.4 Å². The highest BCUT2D eigenvalue weighted by molar-refractivity contribution is 9.10. The first kappa shape index (κ1) is 9.07. The molecule has 0 radical (unpaired) electrons. The lowest BCUT2D eigenvalue weighted by molar-refractivity contribution is 1.49. The van der Waals surface area contributed by atoms with Crippen molar-refractivity contribution in [1.82, 2.24) is 0 Å². The zero-order valence-corrected chi connectivity index (χ0v) is 9.71. The zero-order valence-electron chi connectivity index (χ0n) is 6.41. The maximum atomic E-state index is 8.72. The molecule has 0 fully saturated rings. The van der Waals surface area contributed by atoms with Gasteiger partial charge in [0.05, 0.1) is 4.70 Å². The molecule has 0 bridgehead atoms. The minimum atomic E-state index is 0.731. The van der Waals surface area contributed by atoms with Gasteiger partial charge in [-0.3, -0.25) is 0 Å². The Labute approximate surface area is 93.5 Å². The predicted molar refractivity (Wildman–Crippen MR) is 61.5 cm³/mol. The molecule has 1 heterocycles. The van der Waals surface area contributed by atoms with Crippen LogP contribution < -0.4 is 0 Å². The van der Waals surface area contributed by atoms with Crippen molar-refractivity contribution in [3.05, 3.63) is 27.5 Å². The van der Waals surface area contributed by atoms with Crippen molar-refractivity contribution in [2.75, 3.05) is 0 Å². The fourth-order valence-electron chi connectivity index (χ4n) is 1.11. The molecule has 13 heavy (non-hydrogen) atoms. The maximum absolute atomic E-state index is 8.72. The van der Waals surface area contributed by atoms with Crippen LogP contribution in [0.2, 0.25) is 0 Å². The first-order valence-corrected chi connectivity index (χ1v) is 5.59. The Morgan fingerprint density at radius 2 is 2.23 bits per heavy atom. The first-order chi connectivity index (χ1) is 6.22. The van der Waals surface area contributed by atoms with Crippen LogP contribution in [-0.4, -0.2) is 0 Å². The molecule has 4 heteroatoms. The largest absolute Gasteiger partial charge is 0.192 e. The first-order valence-electron chi connectivity index (χ1n) is 3.53. The van der Waals surface area contributed by atoms with E-state index in [1.807, 2.05) is 18.2 Å². The van der Waals surface area contributed by atoms with E-state index in [-0.39, 0.29) is 0 Å². The second-order valence-electron chi connectivity index (χ2n) is 2.54. The molecule has 0 saturated heterocycles. The van der Waals surface area contributed by atoms with E-state index in [9.17, 15) is 0 Å². The average molecular weight is 270 g/mol. The van der Waals surface area contributed by atoms with E-state index in [4.69, 9.17) is 5.26 Å². The lowest BCUT2D eigenvalue weighted by atomic mass is 10.2. The molecule has 1 nitrogen and oxygen atoms in total. The third kappa shape index (κ3) is 1.48. The molecule has 0 atom stereocenters. The average Bonchev–Trinajstić information content (AvgIpc) is 2.55. The van der Waals surface area contributed by atoms with Gasteiger partial charge in [0.2, 0.25) is 0 Å². The predicted octanol–water partition coefficient (Wildman–Crippen LogP) is 3.82. The summed E-state index contributed by atoms with van der Waals surface area (Å²) >= 11 is 9.22. The molecule has 2 rings (SSSR count). The number of hydrogen-bond donors (Lipinski definition) is 1. The minimum Gasteiger partial charge on any atom is -0.192 e. The van der Waals surface area contributed by atoms with Crippen molar-refractivity contribution in [2.45, 2.75) is 4.90 Å². The van der Waals surface area contributed by atoms with Gasteiger partial charge in [0.1, 0.15) is 10.9 Å². The SMILES string of the molecule is N#Cc1cc2ccc(S)c(Br)c2s1. The zero-order chi connectivity index (χ0) is 9.42. The molecule has 0 N–H and O–H groups in total. The van der Waals surface area contributed by atoms with E-state index in [1.165, 1.54) is 11.3 Å². The van der Waals surface area contributed by atoms with Crippen LogP contribution in [0.1, 0.15) is 4.88 Å². The lowest BCUT2D eigenvalue weighted by Gasteiger charge is -1.96. The summed E-state index contributed by atoms with van der Waals surface area (Å²) in [5, 5.41) is 9.81. The summed E-state index contributed by atoms with van der Waals surface area (Å²) in [4.78, 5) is 1.63. The number of thiophene rings is 1. The van der Waals surface area contributed by atoms with E-state index in [0.717, 1.165) is 24.3 Å². The number of halogens is 1. The van der Waals surface area contributed by atoms with Gasteiger partial charge in [0.15, 0.2) is 0 Å². The highest BCUT2D eigenvalue weighted by Crippen LogP contribution is 2.35. The van der Waals surface area contributed by atoms with E-state index in [2.05, 4.69) is 34.6 Å². The van der Waals surface area contributed by atoms with Gasteiger partial charge in [-0.2, -0.15) is 5.26 Å². The Morgan fingerprint density at radius 1 is 1.46 bits per heavy atom. The van der Waals surface area contributed by atoms with E-state index >= 15 is 0 Å². The standard InChI is InChI=1S/C9H4BrNS2/c10-8-7(12)2-1-5-3-6(4-11)13-9(5)8/h1-3,12H. The highest BCUT2D eigenvalue weighted by atomic mass is 79.9. The third-order valence-corrected chi connectivity index (χ3v) is 4.55. The number of fused-ring (bicyclic) bond motifs is 1. The van der Waals surface area contributed by atoms with Crippen LogP contribution in [-0.2, 0) is 0 Å². The Bertz CT molecular complexity index is 510. The normalized spacial score (nSPS) is 10.2. The third-order valence-electron chi connectivity index (χ3n) is 1.72. The van der Waals surface area contributed by atoms with Gasteiger partial charge >= 0.3 is 0 Å². The number of thiol groups is 1. The molecule has 0 saturated carbocycles. The van der Waals surface area contributed by atoms with Gasteiger partial charge in [-0.25, -0.2) is 0 Å². The number of nitrogens with zero attached hydrogens (tertiary/aromatic N) is 1. The smallest absolute Gasteiger partial charge is 0.110 e. The summed E-state index contributed by atoms with van der Waals surface area (Å²) in [6.45, 7) is 0. The molecule has 0 aliphatic carbocycles. The van der Waals surface area contributed by atoms with Crippen LogP contribution in [0.4, 0.5) is 0 Å². The Balaban J connectivity index is 2.86. The van der Waals surface area contributed by atoms with Crippen LogP contribution in [0.25, 0.3) is 10.1 Å². The molecule has 0 amide bonds. The van der Waals surface area contributed by atoms with E-state index in [1.54, 1.807) is 0 Å². The molecule has 64 valence electrons. The maximum Gasteiger partial charge on any atom is 0.110 e. The molecule has 0 unspecified atom stereocenters. The van der Waals surface area contributed by atoms with Crippen molar-refractivity contribution in [3.63, 3.8) is 0 Å². The molecule has 0 aliphatic heterocycles. The fourth-order valence-corrected chi connectivity index (χ4v) is 2.88. The Kier molecular flexibility index (Phi) is 2.33. The van der Waals surface area contributed by atoms with Crippen LogP contribution in [0.5, 0.6) is 0 Å². The molecule has 0 spiro atoms. The minimum absolute atomic E-state index is 0.731. The van der Waals surface area contributed by atoms with Crippen molar-refractivity contribution in [1.29, 1.82) is 5.26 Å². The van der Waals surface area contributed by atoms with Crippen LogP contribution in [0, 0.1) is 11.3 Å². The van der Waals surface area contributed by atoms with Gasteiger partial charge in [0, 0.05) is 9.37 Å². The monoisotopic (exact) mass is 269 g/mol. The molecular weight excluding hydrogens is 266 g/mol. The molecule has 1 aromatic heterocycles. The molecule has 2 aromatic rings. The summed E-state index contributed by atoms with van der Waals surface area (Å²) < 4.78 is 2.06. The molecular formula is C9H4BrNS2. The van der Waals surface area contributed by atoms with E-state index < -0.39 is 0 Å².